The van der Waals surface area contributed by atoms with Gasteiger partial charge in [-0.1, -0.05) is 36.4 Å². The minimum absolute atomic E-state index is 0.0394. The van der Waals surface area contributed by atoms with Gasteiger partial charge < -0.3 is 14.8 Å². The molecule has 0 aliphatic rings. The standard InChI is InChI=1S/C24H20FN3O4S/c1-31-19-14-28(18-6-3-2-4-7-18)27-23(19)24(30)32-15-21(29)26-22(20-8-5-13-33-20)16-9-11-17(25)12-10-16/h2-14,22H,15H2,1H3,(H,26,29). The highest BCUT2D eigenvalue weighted by molar-refractivity contribution is 7.10. The number of nitrogens with one attached hydrogen (secondary N) is 1. The number of aromatic nitrogens is 2. The lowest BCUT2D eigenvalue weighted by molar-refractivity contribution is -0.124. The van der Waals surface area contributed by atoms with Crippen LogP contribution in [0.3, 0.4) is 0 Å². The molecule has 0 saturated heterocycles. The first kappa shape index (κ1) is 22.2. The summed E-state index contributed by atoms with van der Waals surface area (Å²) < 4.78 is 25.3. The van der Waals surface area contributed by atoms with Gasteiger partial charge in [0.1, 0.15) is 5.82 Å². The lowest BCUT2D eigenvalue weighted by atomic mass is 10.1. The van der Waals surface area contributed by atoms with Crippen molar-refractivity contribution in [2.75, 3.05) is 13.7 Å². The fourth-order valence-corrected chi connectivity index (χ4v) is 4.00. The van der Waals surface area contributed by atoms with Crippen molar-refractivity contribution < 1.29 is 23.5 Å². The van der Waals surface area contributed by atoms with Crippen LogP contribution in [0.15, 0.2) is 78.3 Å². The number of nitrogens with zero attached hydrogens (tertiary/aromatic N) is 2. The second kappa shape index (κ2) is 10.1. The Morgan fingerprint density at radius 3 is 2.52 bits per heavy atom. The quantitative estimate of drug-likeness (QED) is 0.396. The number of thiophene rings is 1. The van der Waals surface area contributed by atoms with Crippen LogP contribution in [0.2, 0.25) is 0 Å². The third-order valence-electron chi connectivity index (χ3n) is 4.79. The molecule has 2 aromatic carbocycles. The molecule has 1 N–H and O–H groups in total. The first-order chi connectivity index (χ1) is 16.0. The summed E-state index contributed by atoms with van der Waals surface area (Å²) in [5.74, 6) is -1.43. The van der Waals surface area contributed by atoms with E-state index in [1.807, 2.05) is 47.8 Å². The fourth-order valence-electron chi connectivity index (χ4n) is 3.19. The molecule has 9 heteroatoms. The summed E-state index contributed by atoms with van der Waals surface area (Å²) in [7, 11) is 1.42. The average molecular weight is 466 g/mol. The van der Waals surface area contributed by atoms with E-state index in [9.17, 15) is 14.0 Å². The van der Waals surface area contributed by atoms with Crippen LogP contribution in [0.1, 0.15) is 27.0 Å². The summed E-state index contributed by atoms with van der Waals surface area (Å²) >= 11 is 1.45. The lowest BCUT2D eigenvalue weighted by Crippen LogP contribution is -2.32. The van der Waals surface area contributed by atoms with Crippen molar-refractivity contribution in [2.24, 2.45) is 0 Å². The van der Waals surface area contributed by atoms with Crippen LogP contribution in [0.25, 0.3) is 5.69 Å². The zero-order valence-corrected chi connectivity index (χ0v) is 18.4. The number of ether oxygens (including phenoxy) is 2. The smallest absolute Gasteiger partial charge is 0.363 e. The maximum absolute atomic E-state index is 13.3. The van der Waals surface area contributed by atoms with Gasteiger partial charge in [0.05, 0.1) is 25.0 Å². The third-order valence-corrected chi connectivity index (χ3v) is 5.72. The van der Waals surface area contributed by atoms with Crippen LogP contribution in [0.5, 0.6) is 5.75 Å². The second-order valence-electron chi connectivity index (χ2n) is 6.97. The summed E-state index contributed by atoms with van der Waals surface area (Å²) in [6, 6.07) is 18.3. The SMILES string of the molecule is COc1cn(-c2ccccc2)nc1C(=O)OCC(=O)NC(c1ccc(F)cc1)c1cccs1. The number of halogens is 1. The lowest BCUT2D eigenvalue weighted by Gasteiger charge is -2.18. The third kappa shape index (κ3) is 5.27. The average Bonchev–Trinajstić information content (AvgIpc) is 3.52. The van der Waals surface area contributed by atoms with Crippen molar-refractivity contribution in [1.29, 1.82) is 0 Å². The van der Waals surface area contributed by atoms with E-state index in [2.05, 4.69) is 10.4 Å². The van der Waals surface area contributed by atoms with E-state index in [4.69, 9.17) is 9.47 Å². The number of methoxy groups -OCH3 is 1. The Labute approximate surface area is 193 Å². The molecule has 0 aliphatic heterocycles. The molecule has 33 heavy (non-hydrogen) atoms. The van der Waals surface area contributed by atoms with E-state index in [0.29, 0.717) is 5.56 Å². The number of hydrogen-bond acceptors (Lipinski definition) is 6. The van der Waals surface area contributed by atoms with E-state index in [-0.39, 0.29) is 17.3 Å². The predicted octanol–water partition coefficient (Wildman–Crippen LogP) is 4.14. The maximum Gasteiger partial charge on any atom is 0.363 e. The molecule has 0 saturated carbocycles. The first-order valence-electron chi connectivity index (χ1n) is 9.99. The van der Waals surface area contributed by atoms with Gasteiger partial charge in [-0.2, -0.15) is 5.10 Å². The van der Waals surface area contributed by atoms with Crippen LogP contribution in [0.4, 0.5) is 4.39 Å². The number of carbonyl (C=O) groups excluding carboxylic acids is 2. The van der Waals surface area contributed by atoms with Crippen LogP contribution in [-0.2, 0) is 9.53 Å². The van der Waals surface area contributed by atoms with Gasteiger partial charge in [0.25, 0.3) is 5.91 Å². The van der Waals surface area contributed by atoms with E-state index in [1.165, 1.54) is 35.3 Å². The summed E-state index contributed by atoms with van der Waals surface area (Å²) in [6.07, 6.45) is 1.56. The summed E-state index contributed by atoms with van der Waals surface area (Å²) in [5, 5.41) is 8.96. The topological polar surface area (TPSA) is 82.5 Å². The monoisotopic (exact) mass is 465 g/mol. The number of amides is 1. The minimum Gasteiger partial charge on any atom is -0.493 e. The first-order valence-corrected chi connectivity index (χ1v) is 10.9. The van der Waals surface area contributed by atoms with Crippen molar-refractivity contribution in [1.82, 2.24) is 15.1 Å². The van der Waals surface area contributed by atoms with Gasteiger partial charge in [-0.05, 0) is 41.3 Å². The molecule has 0 radical (unpaired) electrons. The molecular weight excluding hydrogens is 445 g/mol. The Hall–Kier alpha value is -3.98. The summed E-state index contributed by atoms with van der Waals surface area (Å²) in [6.45, 7) is -0.511. The highest BCUT2D eigenvalue weighted by atomic mass is 32.1. The van der Waals surface area contributed by atoms with Crippen LogP contribution in [-0.4, -0.2) is 35.4 Å². The molecule has 0 aliphatic carbocycles. The molecular formula is C24H20FN3O4S. The number of carbonyl (C=O) groups is 2. The number of esters is 1. The Kier molecular flexibility index (Phi) is 6.80. The molecule has 2 heterocycles. The zero-order valence-electron chi connectivity index (χ0n) is 17.6. The second-order valence-corrected chi connectivity index (χ2v) is 7.95. The van der Waals surface area contributed by atoms with Crippen molar-refractivity contribution in [3.63, 3.8) is 0 Å². The molecule has 7 nitrogen and oxygen atoms in total. The Bertz CT molecular complexity index is 1220. The highest BCUT2D eigenvalue weighted by Gasteiger charge is 2.23. The number of benzene rings is 2. The Morgan fingerprint density at radius 2 is 1.85 bits per heavy atom. The van der Waals surface area contributed by atoms with Gasteiger partial charge in [0.2, 0.25) is 5.69 Å². The normalized spacial score (nSPS) is 11.6. The largest absolute Gasteiger partial charge is 0.493 e. The van der Waals surface area contributed by atoms with E-state index < -0.39 is 24.5 Å². The molecule has 0 fully saturated rings. The van der Waals surface area contributed by atoms with Gasteiger partial charge in [0, 0.05) is 4.88 Å². The van der Waals surface area contributed by atoms with Crippen molar-refractivity contribution in [3.8, 4) is 11.4 Å². The molecule has 0 bridgehead atoms. The van der Waals surface area contributed by atoms with Gasteiger partial charge in [-0.25, -0.2) is 13.9 Å². The predicted molar refractivity (Wildman–Crippen MR) is 121 cm³/mol. The molecule has 0 spiro atoms. The molecule has 168 valence electrons. The van der Waals surface area contributed by atoms with Gasteiger partial charge in [-0.3, -0.25) is 4.79 Å². The maximum atomic E-state index is 13.3. The molecule has 1 atom stereocenters. The zero-order chi connectivity index (χ0) is 23.2. The number of hydrogen-bond donors (Lipinski definition) is 1. The van der Waals surface area contributed by atoms with Gasteiger partial charge in [-0.15, -0.1) is 11.3 Å². The Morgan fingerprint density at radius 1 is 1.09 bits per heavy atom. The molecule has 1 amide bonds. The van der Waals surface area contributed by atoms with Crippen LogP contribution in [0, 0.1) is 5.82 Å². The molecule has 4 rings (SSSR count). The van der Waals surface area contributed by atoms with E-state index in [1.54, 1.807) is 18.3 Å². The van der Waals surface area contributed by atoms with Crippen LogP contribution >= 0.6 is 11.3 Å². The molecule has 2 aromatic heterocycles. The van der Waals surface area contributed by atoms with Crippen molar-refractivity contribution in [2.45, 2.75) is 6.04 Å². The van der Waals surface area contributed by atoms with E-state index >= 15 is 0 Å². The molecule has 4 aromatic rings. The summed E-state index contributed by atoms with van der Waals surface area (Å²) in [5.41, 5.74) is 1.41. The number of para-hydroxylation sites is 1. The highest BCUT2D eigenvalue weighted by Crippen LogP contribution is 2.26. The Balaban J connectivity index is 1.44. The van der Waals surface area contributed by atoms with Gasteiger partial charge in [0.15, 0.2) is 12.4 Å². The van der Waals surface area contributed by atoms with Crippen molar-refractivity contribution >= 4 is 23.2 Å². The van der Waals surface area contributed by atoms with Crippen LogP contribution < -0.4 is 10.1 Å². The van der Waals surface area contributed by atoms with Crippen molar-refractivity contribution in [3.05, 3.63) is 100 Å². The summed E-state index contributed by atoms with van der Waals surface area (Å²) in [4.78, 5) is 26.1. The fraction of sp³-hybridized carbons (Fsp3) is 0.125. The minimum atomic E-state index is -0.786. The molecule has 1 unspecified atom stereocenters. The van der Waals surface area contributed by atoms with Gasteiger partial charge >= 0.3 is 5.97 Å². The van der Waals surface area contributed by atoms with E-state index in [0.717, 1.165) is 10.6 Å². The number of rotatable bonds is 8.